The van der Waals surface area contributed by atoms with Gasteiger partial charge in [-0.3, -0.25) is 9.36 Å². The highest BCUT2D eigenvalue weighted by atomic mass is 16.1. The molecule has 0 aliphatic rings. The van der Waals surface area contributed by atoms with Gasteiger partial charge in [-0.05, 0) is 42.8 Å². The number of nitrogens with one attached hydrogen (secondary N) is 1. The van der Waals surface area contributed by atoms with Crippen molar-refractivity contribution in [2.75, 3.05) is 5.32 Å². The lowest BCUT2D eigenvalue weighted by atomic mass is 10.2. The fourth-order valence-electron chi connectivity index (χ4n) is 2.88. The van der Waals surface area contributed by atoms with Gasteiger partial charge in [-0.15, -0.1) is 0 Å². The van der Waals surface area contributed by atoms with E-state index in [4.69, 9.17) is 0 Å². The molecule has 2 aromatic heterocycles. The van der Waals surface area contributed by atoms with Crippen LogP contribution in [0.25, 0.3) is 16.7 Å². The zero-order chi connectivity index (χ0) is 17.2. The lowest BCUT2D eigenvalue weighted by Gasteiger charge is -2.10. The second-order valence-electron chi connectivity index (χ2n) is 5.94. The maximum absolute atomic E-state index is 12.9. The number of carbonyl (C=O) groups is 1. The van der Waals surface area contributed by atoms with E-state index in [9.17, 15) is 4.79 Å². The number of carbonyl (C=O) groups excluding carboxylic acids is 1. The number of benzene rings is 2. The van der Waals surface area contributed by atoms with Gasteiger partial charge in [0.15, 0.2) is 0 Å². The summed E-state index contributed by atoms with van der Waals surface area (Å²) in [5.74, 6) is 0.565. The second kappa shape index (κ2) is 6.24. The molecule has 0 saturated carbocycles. The zero-order valence-corrected chi connectivity index (χ0v) is 13.8. The molecular weight excluding hydrogens is 310 g/mol. The molecular formula is C21H17N3O. The molecule has 2 heterocycles. The Hall–Kier alpha value is -3.40. The molecule has 25 heavy (non-hydrogen) atoms. The van der Waals surface area contributed by atoms with Crippen LogP contribution in [-0.2, 0) is 0 Å². The van der Waals surface area contributed by atoms with Crippen molar-refractivity contribution in [1.29, 1.82) is 0 Å². The minimum Gasteiger partial charge on any atom is -0.321 e. The predicted octanol–water partition coefficient (Wildman–Crippen LogP) is 4.59. The van der Waals surface area contributed by atoms with Crippen molar-refractivity contribution >= 4 is 22.5 Å². The zero-order valence-electron chi connectivity index (χ0n) is 13.8. The Kier molecular flexibility index (Phi) is 3.78. The Morgan fingerprint density at radius 1 is 0.960 bits per heavy atom. The number of nitrogens with zero attached hydrogens (tertiary/aromatic N) is 2. The third-order valence-electron chi connectivity index (χ3n) is 4.10. The Labute approximate surface area is 145 Å². The summed E-state index contributed by atoms with van der Waals surface area (Å²) in [6, 6.07) is 23.2. The second-order valence-corrected chi connectivity index (χ2v) is 5.94. The summed E-state index contributed by atoms with van der Waals surface area (Å²) in [6.45, 7) is 1.99. The van der Waals surface area contributed by atoms with Crippen LogP contribution in [0, 0.1) is 6.92 Å². The Bertz CT molecular complexity index is 1030. The normalized spacial score (nSPS) is 10.8. The highest BCUT2D eigenvalue weighted by Crippen LogP contribution is 2.24. The molecule has 0 fully saturated rings. The van der Waals surface area contributed by atoms with Crippen molar-refractivity contribution in [3.05, 3.63) is 90.3 Å². The quantitative estimate of drug-likeness (QED) is 0.598. The maximum atomic E-state index is 12.9. The standard InChI is InChI=1S/C21H17N3O/c1-15-11-12-20(22-14-15)24-18-10-6-5-7-16(18)13-19(24)21(25)23-17-8-3-2-4-9-17/h2-14H,1H3,(H,23,25). The number of hydrogen-bond donors (Lipinski definition) is 1. The van der Waals surface area contributed by atoms with E-state index in [1.54, 1.807) is 0 Å². The van der Waals surface area contributed by atoms with E-state index >= 15 is 0 Å². The van der Waals surface area contributed by atoms with Crippen molar-refractivity contribution < 1.29 is 4.79 Å². The largest absolute Gasteiger partial charge is 0.321 e. The van der Waals surface area contributed by atoms with E-state index < -0.39 is 0 Å². The summed E-state index contributed by atoms with van der Waals surface area (Å²) in [5.41, 5.74) is 3.36. The molecule has 122 valence electrons. The number of para-hydroxylation sites is 2. The number of aryl methyl sites for hydroxylation is 1. The molecule has 4 heteroatoms. The first-order valence-corrected chi connectivity index (χ1v) is 8.12. The van der Waals surface area contributed by atoms with Gasteiger partial charge in [0.2, 0.25) is 0 Å². The molecule has 0 atom stereocenters. The highest BCUT2D eigenvalue weighted by Gasteiger charge is 2.17. The topological polar surface area (TPSA) is 46.9 Å². The van der Waals surface area contributed by atoms with Gasteiger partial charge < -0.3 is 5.32 Å². The number of hydrogen-bond acceptors (Lipinski definition) is 2. The van der Waals surface area contributed by atoms with Crippen LogP contribution < -0.4 is 5.32 Å². The van der Waals surface area contributed by atoms with Crippen LogP contribution in [0.4, 0.5) is 5.69 Å². The van der Waals surface area contributed by atoms with E-state index in [0.29, 0.717) is 5.69 Å². The SMILES string of the molecule is Cc1ccc(-n2c(C(=O)Nc3ccccc3)cc3ccccc32)nc1. The summed E-state index contributed by atoms with van der Waals surface area (Å²) < 4.78 is 1.90. The molecule has 0 unspecified atom stereocenters. The first-order chi connectivity index (χ1) is 12.2. The number of rotatable bonds is 3. The van der Waals surface area contributed by atoms with Gasteiger partial charge in [0.1, 0.15) is 11.5 Å². The van der Waals surface area contributed by atoms with Crippen LogP contribution in [0.5, 0.6) is 0 Å². The maximum Gasteiger partial charge on any atom is 0.272 e. The first kappa shape index (κ1) is 15.1. The molecule has 0 radical (unpaired) electrons. The van der Waals surface area contributed by atoms with Crippen molar-refractivity contribution in [3.8, 4) is 5.82 Å². The summed E-state index contributed by atoms with van der Waals surface area (Å²) in [7, 11) is 0. The molecule has 4 aromatic rings. The third-order valence-corrected chi connectivity index (χ3v) is 4.10. The molecule has 0 aliphatic heterocycles. The first-order valence-electron chi connectivity index (χ1n) is 8.12. The van der Waals surface area contributed by atoms with E-state index in [1.165, 1.54) is 0 Å². The predicted molar refractivity (Wildman–Crippen MR) is 100 cm³/mol. The smallest absolute Gasteiger partial charge is 0.272 e. The van der Waals surface area contributed by atoms with Crippen LogP contribution in [0.3, 0.4) is 0 Å². The third kappa shape index (κ3) is 2.90. The number of fused-ring (bicyclic) bond motifs is 1. The lowest BCUT2D eigenvalue weighted by Crippen LogP contribution is -2.16. The highest BCUT2D eigenvalue weighted by molar-refractivity contribution is 6.07. The van der Waals surface area contributed by atoms with E-state index in [2.05, 4.69) is 10.3 Å². The van der Waals surface area contributed by atoms with E-state index in [-0.39, 0.29) is 5.91 Å². The van der Waals surface area contributed by atoms with Gasteiger partial charge in [-0.2, -0.15) is 0 Å². The van der Waals surface area contributed by atoms with Crippen molar-refractivity contribution in [1.82, 2.24) is 9.55 Å². The van der Waals surface area contributed by atoms with Gasteiger partial charge in [0, 0.05) is 17.3 Å². The summed E-state index contributed by atoms with van der Waals surface area (Å²) in [4.78, 5) is 17.4. The monoisotopic (exact) mass is 327 g/mol. The van der Waals surface area contributed by atoms with Gasteiger partial charge in [-0.1, -0.05) is 42.5 Å². The molecule has 0 saturated heterocycles. The van der Waals surface area contributed by atoms with Crippen molar-refractivity contribution in [2.24, 2.45) is 0 Å². The number of pyridine rings is 1. The van der Waals surface area contributed by atoms with Gasteiger partial charge in [0.25, 0.3) is 5.91 Å². The Morgan fingerprint density at radius 3 is 2.48 bits per heavy atom. The van der Waals surface area contributed by atoms with Crippen molar-refractivity contribution in [2.45, 2.75) is 6.92 Å². The van der Waals surface area contributed by atoms with Crippen molar-refractivity contribution in [3.63, 3.8) is 0 Å². The van der Waals surface area contributed by atoms with Gasteiger partial charge in [-0.25, -0.2) is 4.98 Å². The average Bonchev–Trinajstić information content (AvgIpc) is 3.03. The summed E-state index contributed by atoms with van der Waals surface area (Å²) in [5, 5.41) is 3.96. The van der Waals surface area contributed by atoms with Gasteiger partial charge >= 0.3 is 0 Å². The molecule has 4 nitrogen and oxygen atoms in total. The van der Waals surface area contributed by atoms with Crippen LogP contribution in [0.1, 0.15) is 16.1 Å². The van der Waals surface area contributed by atoms with Crippen LogP contribution in [0.2, 0.25) is 0 Å². The molecule has 0 aliphatic carbocycles. The van der Waals surface area contributed by atoms with E-state index in [0.717, 1.165) is 28.0 Å². The number of amides is 1. The Balaban J connectivity index is 1.84. The minimum absolute atomic E-state index is 0.162. The molecule has 1 N–H and O–H groups in total. The number of anilines is 1. The lowest BCUT2D eigenvalue weighted by molar-refractivity contribution is 0.102. The molecule has 1 amide bonds. The van der Waals surface area contributed by atoms with Gasteiger partial charge in [0.05, 0.1) is 5.52 Å². The molecule has 0 spiro atoms. The summed E-state index contributed by atoms with van der Waals surface area (Å²) >= 11 is 0. The minimum atomic E-state index is -0.162. The Morgan fingerprint density at radius 2 is 1.72 bits per heavy atom. The number of aromatic nitrogens is 2. The fourth-order valence-corrected chi connectivity index (χ4v) is 2.88. The van der Waals surface area contributed by atoms with E-state index in [1.807, 2.05) is 90.5 Å². The molecule has 4 rings (SSSR count). The molecule has 0 bridgehead atoms. The van der Waals surface area contributed by atoms with Crippen LogP contribution in [-0.4, -0.2) is 15.5 Å². The average molecular weight is 327 g/mol. The summed E-state index contributed by atoms with van der Waals surface area (Å²) in [6.07, 6.45) is 1.81. The molecule has 2 aromatic carbocycles. The van der Waals surface area contributed by atoms with Crippen LogP contribution in [0.15, 0.2) is 79.0 Å². The fraction of sp³-hybridized carbons (Fsp3) is 0.0476. The van der Waals surface area contributed by atoms with Crippen LogP contribution >= 0.6 is 0 Å².